The lowest BCUT2D eigenvalue weighted by molar-refractivity contribution is -0.130. The Morgan fingerprint density at radius 3 is 2.60 bits per heavy atom. The fourth-order valence-electron chi connectivity index (χ4n) is 3.58. The number of halogens is 1. The van der Waals surface area contributed by atoms with E-state index in [0.29, 0.717) is 19.0 Å². The standard InChI is InChI=1S/C23H30N4O2.HI/c1-4-24-23(26(2)16-20-11-7-8-12-21(20)29-3)25-15-22(28)27-14-13-18-9-5-6-10-19(18)17-27;/h5-12H,4,13-17H2,1-3H3,(H,24,25);1H. The predicted molar refractivity (Wildman–Crippen MR) is 131 cm³/mol. The van der Waals surface area contributed by atoms with E-state index in [-0.39, 0.29) is 36.4 Å². The number of fused-ring (bicyclic) bond motifs is 1. The molecular formula is C23H31IN4O2. The number of hydrogen-bond acceptors (Lipinski definition) is 3. The van der Waals surface area contributed by atoms with E-state index in [1.807, 2.05) is 54.1 Å². The highest BCUT2D eigenvalue weighted by Gasteiger charge is 2.20. The number of amides is 1. The van der Waals surface area contributed by atoms with Gasteiger partial charge in [0.15, 0.2) is 5.96 Å². The summed E-state index contributed by atoms with van der Waals surface area (Å²) in [5.41, 5.74) is 3.64. The van der Waals surface area contributed by atoms with Crippen LogP contribution in [0.15, 0.2) is 53.5 Å². The summed E-state index contributed by atoms with van der Waals surface area (Å²) >= 11 is 0. The quantitative estimate of drug-likeness (QED) is 0.360. The van der Waals surface area contributed by atoms with Crippen molar-refractivity contribution >= 4 is 35.8 Å². The highest BCUT2D eigenvalue weighted by Crippen LogP contribution is 2.19. The first-order valence-corrected chi connectivity index (χ1v) is 10.1. The second-order valence-electron chi connectivity index (χ2n) is 7.17. The Bertz CT molecular complexity index is 872. The Balaban J connectivity index is 0.00000320. The summed E-state index contributed by atoms with van der Waals surface area (Å²) in [6.45, 7) is 4.95. The second-order valence-corrected chi connectivity index (χ2v) is 7.17. The van der Waals surface area contributed by atoms with Crippen molar-refractivity contribution in [1.82, 2.24) is 15.1 Å². The first kappa shape index (κ1) is 24.0. The van der Waals surface area contributed by atoms with Crippen LogP contribution in [0.25, 0.3) is 0 Å². The molecule has 1 amide bonds. The monoisotopic (exact) mass is 522 g/mol. The van der Waals surface area contributed by atoms with E-state index in [1.54, 1.807) is 7.11 Å². The molecule has 2 aromatic carbocycles. The normalized spacial score (nSPS) is 13.2. The van der Waals surface area contributed by atoms with Crippen LogP contribution in [-0.4, -0.2) is 55.5 Å². The molecule has 0 spiro atoms. The highest BCUT2D eigenvalue weighted by atomic mass is 127. The smallest absolute Gasteiger partial charge is 0.244 e. The lowest BCUT2D eigenvalue weighted by atomic mass is 10.00. The summed E-state index contributed by atoms with van der Waals surface area (Å²) < 4.78 is 5.44. The van der Waals surface area contributed by atoms with Gasteiger partial charge in [-0.1, -0.05) is 42.5 Å². The molecule has 162 valence electrons. The molecule has 1 N–H and O–H groups in total. The zero-order valence-electron chi connectivity index (χ0n) is 17.9. The maximum Gasteiger partial charge on any atom is 0.244 e. The van der Waals surface area contributed by atoms with Crippen LogP contribution in [0, 0.1) is 0 Å². The third kappa shape index (κ3) is 6.10. The molecule has 0 aliphatic carbocycles. The first-order valence-electron chi connectivity index (χ1n) is 10.1. The molecule has 0 radical (unpaired) electrons. The fraction of sp³-hybridized carbons (Fsp3) is 0.391. The minimum Gasteiger partial charge on any atom is -0.496 e. The van der Waals surface area contributed by atoms with Crippen molar-refractivity contribution in [3.63, 3.8) is 0 Å². The van der Waals surface area contributed by atoms with Gasteiger partial charge in [-0.15, -0.1) is 24.0 Å². The number of guanidine groups is 1. The summed E-state index contributed by atoms with van der Waals surface area (Å²) in [5, 5.41) is 3.28. The van der Waals surface area contributed by atoms with Crippen molar-refractivity contribution in [2.45, 2.75) is 26.4 Å². The number of carbonyl (C=O) groups is 1. The van der Waals surface area contributed by atoms with Crippen LogP contribution in [0.4, 0.5) is 0 Å². The molecule has 0 unspecified atom stereocenters. The summed E-state index contributed by atoms with van der Waals surface area (Å²) in [6.07, 6.45) is 0.902. The molecule has 7 heteroatoms. The molecule has 0 saturated carbocycles. The molecule has 6 nitrogen and oxygen atoms in total. The Hall–Kier alpha value is -2.29. The van der Waals surface area contributed by atoms with Crippen LogP contribution >= 0.6 is 24.0 Å². The number of carbonyl (C=O) groups excluding carboxylic acids is 1. The number of methoxy groups -OCH3 is 1. The SMILES string of the molecule is CCNC(=NCC(=O)N1CCc2ccccc2C1)N(C)Cc1ccccc1OC.I. The Morgan fingerprint density at radius 1 is 1.17 bits per heavy atom. The molecule has 0 fully saturated rings. The van der Waals surface area contributed by atoms with Gasteiger partial charge >= 0.3 is 0 Å². The number of hydrogen-bond donors (Lipinski definition) is 1. The van der Waals surface area contributed by atoms with Crippen molar-refractivity contribution in [3.05, 3.63) is 65.2 Å². The van der Waals surface area contributed by atoms with Crippen LogP contribution in [0.1, 0.15) is 23.6 Å². The summed E-state index contributed by atoms with van der Waals surface area (Å²) in [4.78, 5) is 21.3. The molecule has 0 bridgehead atoms. The van der Waals surface area contributed by atoms with E-state index in [9.17, 15) is 4.79 Å². The predicted octanol–water partition coefficient (Wildman–Crippen LogP) is 3.30. The zero-order valence-corrected chi connectivity index (χ0v) is 20.3. The van der Waals surface area contributed by atoms with E-state index >= 15 is 0 Å². The van der Waals surface area contributed by atoms with Gasteiger partial charge in [-0.25, -0.2) is 4.99 Å². The van der Waals surface area contributed by atoms with Crippen molar-refractivity contribution in [2.75, 3.05) is 33.8 Å². The molecule has 1 heterocycles. The van der Waals surface area contributed by atoms with E-state index in [4.69, 9.17) is 4.74 Å². The number of nitrogens with one attached hydrogen (secondary N) is 1. The van der Waals surface area contributed by atoms with E-state index < -0.39 is 0 Å². The Labute approximate surface area is 196 Å². The van der Waals surface area contributed by atoms with Crippen LogP contribution in [0.3, 0.4) is 0 Å². The first-order chi connectivity index (χ1) is 14.1. The van der Waals surface area contributed by atoms with Crippen molar-refractivity contribution in [2.24, 2.45) is 4.99 Å². The summed E-state index contributed by atoms with van der Waals surface area (Å²) in [5.74, 6) is 1.61. The number of para-hydroxylation sites is 1. The molecule has 0 saturated heterocycles. The van der Waals surface area contributed by atoms with Gasteiger partial charge in [0.2, 0.25) is 5.91 Å². The second kappa shape index (κ2) is 11.8. The van der Waals surface area contributed by atoms with Crippen molar-refractivity contribution in [3.8, 4) is 5.75 Å². The third-order valence-corrected chi connectivity index (χ3v) is 5.14. The van der Waals surface area contributed by atoms with Gasteiger partial charge in [-0.05, 0) is 30.5 Å². The molecule has 2 aromatic rings. The van der Waals surface area contributed by atoms with Gasteiger partial charge < -0.3 is 19.9 Å². The van der Waals surface area contributed by atoms with Gasteiger partial charge in [0, 0.05) is 38.8 Å². The number of ether oxygens (including phenoxy) is 1. The Morgan fingerprint density at radius 2 is 1.87 bits per heavy atom. The number of rotatable bonds is 6. The Kier molecular flexibility index (Phi) is 9.42. The molecule has 1 aliphatic heterocycles. The van der Waals surface area contributed by atoms with Crippen molar-refractivity contribution in [1.29, 1.82) is 0 Å². The summed E-state index contributed by atoms with van der Waals surface area (Å²) in [7, 11) is 3.64. The molecule has 1 aliphatic rings. The van der Waals surface area contributed by atoms with Crippen LogP contribution < -0.4 is 10.1 Å². The fourth-order valence-corrected chi connectivity index (χ4v) is 3.58. The lowest BCUT2D eigenvalue weighted by Crippen LogP contribution is -2.41. The molecule has 30 heavy (non-hydrogen) atoms. The third-order valence-electron chi connectivity index (χ3n) is 5.14. The lowest BCUT2D eigenvalue weighted by Gasteiger charge is -2.29. The van der Waals surface area contributed by atoms with E-state index in [2.05, 4.69) is 28.5 Å². The zero-order chi connectivity index (χ0) is 20.6. The van der Waals surface area contributed by atoms with Gasteiger partial charge in [0.05, 0.1) is 7.11 Å². The highest BCUT2D eigenvalue weighted by molar-refractivity contribution is 14.0. The number of aliphatic imine (C=N–C) groups is 1. The molecular weight excluding hydrogens is 491 g/mol. The van der Waals surface area contributed by atoms with E-state index in [0.717, 1.165) is 30.8 Å². The van der Waals surface area contributed by atoms with Gasteiger partial charge in [-0.2, -0.15) is 0 Å². The largest absolute Gasteiger partial charge is 0.496 e. The van der Waals surface area contributed by atoms with E-state index in [1.165, 1.54) is 11.1 Å². The van der Waals surface area contributed by atoms with Gasteiger partial charge in [0.25, 0.3) is 0 Å². The van der Waals surface area contributed by atoms with Gasteiger partial charge in [0.1, 0.15) is 12.3 Å². The topological polar surface area (TPSA) is 57.2 Å². The van der Waals surface area contributed by atoms with Crippen LogP contribution in [-0.2, 0) is 24.3 Å². The minimum atomic E-state index is 0. The maximum absolute atomic E-state index is 12.8. The average molecular weight is 522 g/mol. The summed E-state index contributed by atoms with van der Waals surface area (Å²) in [6, 6.07) is 16.3. The molecule has 3 rings (SSSR count). The van der Waals surface area contributed by atoms with Crippen LogP contribution in [0.5, 0.6) is 5.75 Å². The molecule has 0 aromatic heterocycles. The van der Waals surface area contributed by atoms with Crippen LogP contribution in [0.2, 0.25) is 0 Å². The number of nitrogens with zero attached hydrogens (tertiary/aromatic N) is 3. The average Bonchev–Trinajstić information content (AvgIpc) is 2.76. The number of benzene rings is 2. The van der Waals surface area contributed by atoms with Gasteiger partial charge in [-0.3, -0.25) is 4.79 Å². The van der Waals surface area contributed by atoms with Crippen molar-refractivity contribution < 1.29 is 9.53 Å². The molecule has 0 atom stereocenters. The maximum atomic E-state index is 12.8. The minimum absolute atomic E-state index is 0.